The third kappa shape index (κ3) is 3.41. The van der Waals surface area contributed by atoms with E-state index >= 15 is 0 Å². The van der Waals surface area contributed by atoms with Crippen molar-refractivity contribution in [1.82, 2.24) is 5.32 Å². The third-order valence-corrected chi connectivity index (χ3v) is 3.93. The molecule has 0 spiro atoms. The summed E-state index contributed by atoms with van der Waals surface area (Å²) < 4.78 is 11.2. The molecular formula is C15H22ClNO2. The first kappa shape index (κ1) is 14.6. The number of rotatable bonds is 7. The van der Waals surface area contributed by atoms with Crippen molar-refractivity contribution in [2.75, 3.05) is 20.8 Å². The molecule has 0 bridgehead atoms. The van der Waals surface area contributed by atoms with E-state index in [1.54, 1.807) is 7.11 Å². The zero-order valence-corrected chi connectivity index (χ0v) is 12.5. The second-order valence-electron chi connectivity index (χ2n) is 4.92. The lowest BCUT2D eigenvalue weighted by Crippen LogP contribution is -2.33. The summed E-state index contributed by atoms with van der Waals surface area (Å²) in [5.41, 5.74) is 1.16. The molecule has 106 valence electrons. The Kier molecular flexibility index (Phi) is 5.08. The standard InChI is InChI=1S/C15H22ClNO2/c1-4-19-15(10-5-6-10)14(17-2)11-7-8-12(16)13(9-11)18-3/h7-10,14-15,17H,4-6H2,1-3H3. The number of ether oxygens (including phenoxy) is 2. The van der Waals surface area contributed by atoms with E-state index in [4.69, 9.17) is 21.1 Å². The average Bonchev–Trinajstić information content (AvgIpc) is 3.24. The highest BCUT2D eigenvalue weighted by molar-refractivity contribution is 6.32. The Morgan fingerprint density at radius 3 is 2.68 bits per heavy atom. The number of likely N-dealkylation sites (N-methyl/N-ethyl adjacent to an activating group) is 1. The van der Waals surface area contributed by atoms with Gasteiger partial charge in [0.05, 0.1) is 24.3 Å². The van der Waals surface area contributed by atoms with E-state index in [0.29, 0.717) is 16.7 Å². The maximum Gasteiger partial charge on any atom is 0.137 e. The molecule has 19 heavy (non-hydrogen) atoms. The molecule has 0 radical (unpaired) electrons. The van der Waals surface area contributed by atoms with E-state index < -0.39 is 0 Å². The van der Waals surface area contributed by atoms with Gasteiger partial charge in [0, 0.05) is 6.61 Å². The Bertz CT molecular complexity index is 421. The first-order valence-corrected chi connectivity index (χ1v) is 7.21. The third-order valence-electron chi connectivity index (χ3n) is 3.62. The van der Waals surface area contributed by atoms with Gasteiger partial charge in [-0.3, -0.25) is 0 Å². The minimum atomic E-state index is 0.179. The average molecular weight is 284 g/mol. The quantitative estimate of drug-likeness (QED) is 0.832. The van der Waals surface area contributed by atoms with Crippen molar-refractivity contribution in [3.8, 4) is 5.75 Å². The van der Waals surface area contributed by atoms with Gasteiger partial charge >= 0.3 is 0 Å². The van der Waals surface area contributed by atoms with Gasteiger partial charge in [0.1, 0.15) is 5.75 Å². The van der Waals surface area contributed by atoms with Crippen LogP contribution in [0.15, 0.2) is 18.2 Å². The molecule has 1 aromatic carbocycles. The van der Waals surface area contributed by atoms with Crippen LogP contribution in [0.2, 0.25) is 5.02 Å². The van der Waals surface area contributed by atoms with Crippen LogP contribution in [0.1, 0.15) is 31.4 Å². The van der Waals surface area contributed by atoms with E-state index in [-0.39, 0.29) is 12.1 Å². The Labute approximate surface area is 120 Å². The number of nitrogens with one attached hydrogen (secondary N) is 1. The van der Waals surface area contributed by atoms with Gasteiger partial charge < -0.3 is 14.8 Å². The molecular weight excluding hydrogens is 262 g/mol. The molecule has 0 aromatic heterocycles. The predicted molar refractivity (Wildman–Crippen MR) is 77.9 cm³/mol. The van der Waals surface area contributed by atoms with Crippen LogP contribution in [0, 0.1) is 5.92 Å². The van der Waals surface area contributed by atoms with E-state index in [1.807, 2.05) is 32.2 Å². The molecule has 2 unspecified atom stereocenters. The van der Waals surface area contributed by atoms with Crippen LogP contribution in [0.4, 0.5) is 0 Å². The van der Waals surface area contributed by atoms with Crippen LogP contribution in [0.25, 0.3) is 0 Å². The monoisotopic (exact) mass is 283 g/mol. The lowest BCUT2D eigenvalue weighted by Gasteiger charge is -2.27. The largest absolute Gasteiger partial charge is 0.495 e. The molecule has 0 aliphatic heterocycles. The molecule has 1 aromatic rings. The van der Waals surface area contributed by atoms with Gasteiger partial charge in [-0.25, -0.2) is 0 Å². The van der Waals surface area contributed by atoms with Crippen molar-refractivity contribution in [3.05, 3.63) is 28.8 Å². The number of hydrogen-bond acceptors (Lipinski definition) is 3. The second kappa shape index (κ2) is 6.60. The summed E-state index contributed by atoms with van der Waals surface area (Å²) in [7, 11) is 3.61. The minimum absolute atomic E-state index is 0.179. The molecule has 1 fully saturated rings. The van der Waals surface area contributed by atoms with Crippen molar-refractivity contribution in [3.63, 3.8) is 0 Å². The summed E-state index contributed by atoms with van der Waals surface area (Å²) in [5.74, 6) is 1.38. The maximum atomic E-state index is 6.08. The summed E-state index contributed by atoms with van der Waals surface area (Å²) in [6, 6.07) is 6.10. The van der Waals surface area contributed by atoms with E-state index in [9.17, 15) is 0 Å². The zero-order valence-electron chi connectivity index (χ0n) is 11.8. The first-order chi connectivity index (χ1) is 9.21. The number of halogens is 1. The van der Waals surface area contributed by atoms with E-state index in [0.717, 1.165) is 12.2 Å². The fraction of sp³-hybridized carbons (Fsp3) is 0.600. The van der Waals surface area contributed by atoms with E-state index in [1.165, 1.54) is 12.8 Å². The molecule has 0 amide bonds. The minimum Gasteiger partial charge on any atom is -0.495 e. The molecule has 1 saturated carbocycles. The second-order valence-corrected chi connectivity index (χ2v) is 5.32. The molecule has 0 heterocycles. The molecule has 0 saturated heterocycles. The van der Waals surface area contributed by atoms with Gasteiger partial charge in [0.25, 0.3) is 0 Å². The van der Waals surface area contributed by atoms with Gasteiger partial charge in [-0.2, -0.15) is 0 Å². The number of methoxy groups -OCH3 is 1. The maximum absolute atomic E-state index is 6.08. The smallest absolute Gasteiger partial charge is 0.137 e. The van der Waals surface area contributed by atoms with Crippen LogP contribution in [-0.2, 0) is 4.74 Å². The Balaban J connectivity index is 2.24. The van der Waals surface area contributed by atoms with Crippen LogP contribution < -0.4 is 10.1 Å². The molecule has 2 rings (SSSR count). The first-order valence-electron chi connectivity index (χ1n) is 6.83. The van der Waals surface area contributed by atoms with Crippen LogP contribution >= 0.6 is 11.6 Å². The van der Waals surface area contributed by atoms with Crippen molar-refractivity contribution < 1.29 is 9.47 Å². The summed E-state index contributed by atoms with van der Waals surface area (Å²) in [4.78, 5) is 0. The topological polar surface area (TPSA) is 30.5 Å². The summed E-state index contributed by atoms with van der Waals surface area (Å²) >= 11 is 6.08. The Morgan fingerprint density at radius 1 is 1.42 bits per heavy atom. The predicted octanol–water partition coefficient (Wildman–Crippen LogP) is 3.42. The van der Waals surface area contributed by atoms with Crippen LogP contribution in [0.5, 0.6) is 5.75 Å². The lowest BCUT2D eigenvalue weighted by atomic mass is 9.98. The van der Waals surface area contributed by atoms with Gasteiger partial charge in [-0.05, 0) is 50.4 Å². The molecule has 3 nitrogen and oxygen atoms in total. The van der Waals surface area contributed by atoms with Crippen molar-refractivity contribution in [2.45, 2.75) is 31.9 Å². The molecule has 1 aliphatic rings. The highest BCUT2D eigenvalue weighted by atomic mass is 35.5. The van der Waals surface area contributed by atoms with Gasteiger partial charge in [0.15, 0.2) is 0 Å². The fourth-order valence-electron chi connectivity index (χ4n) is 2.51. The van der Waals surface area contributed by atoms with Crippen LogP contribution in [0.3, 0.4) is 0 Å². The highest BCUT2D eigenvalue weighted by Crippen LogP contribution is 2.41. The SMILES string of the molecule is CCOC(C1CC1)C(NC)c1ccc(Cl)c(OC)c1. The van der Waals surface area contributed by atoms with Gasteiger partial charge in [0.2, 0.25) is 0 Å². The van der Waals surface area contributed by atoms with Gasteiger partial charge in [-0.15, -0.1) is 0 Å². The molecule has 1 aliphatic carbocycles. The van der Waals surface area contributed by atoms with Gasteiger partial charge in [-0.1, -0.05) is 17.7 Å². The summed E-state index contributed by atoms with van der Waals surface area (Å²) in [6.45, 7) is 2.79. The lowest BCUT2D eigenvalue weighted by molar-refractivity contribution is 0.0204. The summed E-state index contributed by atoms with van der Waals surface area (Å²) in [6.07, 6.45) is 2.74. The fourth-order valence-corrected chi connectivity index (χ4v) is 2.71. The van der Waals surface area contributed by atoms with Crippen LogP contribution in [-0.4, -0.2) is 26.9 Å². The molecule has 2 atom stereocenters. The normalized spacial score (nSPS) is 18.1. The van der Waals surface area contributed by atoms with Crippen molar-refractivity contribution in [2.24, 2.45) is 5.92 Å². The summed E-state index contributed by atoms with van der Waals surface area (Å²) in [5, 5.41) is 4.01. The van der Waals surface area contributed by atoms with E-state index in [2.05, 4.69) is 5.32 Å². The number of hydrogen-bond donors (Lipinski definition) is 1. The highest BCUT2D eigenvalue weighted by Gasteiger charge is 2.37. The van der Waals surface area contributed by atoms with Crippen molar-refractivity contribution >= 4 is 11.6 Å². The molecule has 4 heteroatoms. The Morgan fingerprint density at radius 2 is 2.16 bits per heavy atom. The van der Waals surface area contributed by atoms with Crippen molar-refractivity contribution in [1.29, 1.82) is 0 Å². The molecule has 1 N–H and O–H groups in total. The Hall–Kier alpha value is -0.770. The zero-order chi connectivity index (χ0) is 13.8. The number of benzene rings is 1.